The van der Waals surface area contributed by atoms with E-state index in [0.29, 0.717) is 0 Å². The number of phenols is 1. The van der Waals surface area contributed by atoms with E-state index in [1.165, 1.54) is 19.2 Å². The summed E-state index contributed by atoms with van der Waals surface area (Å²) in [6, 6.07) is 3.55. The van der Waals surface area contributed by atoms with Crippen molar-refractivity contribution in [3.8, 4) is 5.75 Å². The van der Waals surface area contributed by atoms with Crippen molar-refractivity contribution in [2.24, 2.45) is 0 Å². The summed E-state index contributed by atoms with van der Waals surface area (Å²) in [6.45, 7) is 0.216. The monoisotopic (exact) mass is 459 g/mol. The number of carbonyl (C=O) groups excluding carboxylic acids is 1. The lowest BCUT2D eigenvalue weighted by Crippen LogP contribution is -2.14. The molecule has 0 aliphatic carbocycles. The number of halogens is 3. The van der Waals surface area contributed by atoms with Crippen molar-refractivity contribution in [3.05, 3.63) is 37.5 Å². The van der Waals surface area contributed by atoms with Gasteiger partial charge in [0, 0.05) is 13.2 Å². The summed E-state index contributed by atoms with van der Waals surface area (Å²) in [6.07, 6.45) is 0. The smallest absolute Gasteiger partial charge is 0.341 e. The van der Waals surface area contributed by atoms with Crippen LogP contribution in [0.15, 0.2) is 23.1 Å². The number of benzene rings is 1. The normalized spacial score (nSPS) is 11.4. The van der Waals surface area contributed by atoms with Crippen LogP contribution in [0.4, 0.5) is 5.69 Å². The summed E-state index contributed by atoms with van der Waals surface area (Å²) in [5, 5.41) is 9.76. The summed E-state index contributed by atoms with van der Waals surface area (Å²) < 4.78 is 36.7. The van der Waals surface area contributed by atoms with Gasteiger partial charge in [0.25, 0.3) is 10.0 Å². The molecule has 7 nitrogen and oxygen atoms in total. The molecule has 0 aliphatic rings. The number of nitrogens with one attached hydrogen (secondary N) is 1. The molecule has 0 radical (unpaired) electrons. The molecule has 1 aromatic heterocycles. The maximum atomic E-state index is 12.4. The first-order valence-corrected chi connectivity index (χ1v) is 10.3. The molecule has 0 fully saturated rings. The second-order valence-corrected chi connectivity index (χ2v) is 8.98. The zero-order valence-corrected chi connectivity index (χ0v) is 17.0. The number of phenolic OH excluding ortho intramolecular Hbond substituents is 1. The summed E-state index contributed by atoms with van der Waals surface area (Å²) in [5.41, 5.74) is -0.135. The Morgan fingerprint density at radius 1 is 1.23 bits per heavy atom. The second-order valence-electron chi connectivity index (χ2n) is 4.76. The first-order valence-electron chi connectivity index (χ1n) is 6.82. The molecule has 1 heterocycles. The highest BCUT2D eigenvalue weighted by molar-refractivity contribution is 7.93. The topological polar surface area (TPSA) is 102 Å². The van der Waals surface area contributed by atoms with Crippen LogP contribution in [0.2, 0.25) is 13.7 Å². The average molecular weight is 461 g/mol. The molecule has 12 heteroatoms. The Morgan fingerprint density at radius 2 is 1.92 bits per heavy atom. The van der Waals surface area contributed by atoms with Crippen LogP contribution < -0.4 is 4.72 Å². The van der Waals surface area contributed by atoms with Crippen molar-refractivity contribution >= 4 is 67.8 Å². The fraction of sp³-hybridized carbons (Fsp3) is 0.214. The maximum absolute atomic E-state index is 12.4. The van der Waals surface area contributed by atoms with Crippen molar-refractivity contribution in [2.75, 3.05) is 25.0 Å². The molecule has 0 bridgehead atoms. The molecule has 1 aromatic carbocycles. The highest BCUT2D eigenvalue weighted by Crippen LogP contribution is 2.43. The number of hydrogen-bond donors (Lipinski definition) is 2. The fourth-order valence-electron chi connectivity index (χ4n) is 1.84. The first-order chi connectivity index (χ1) is 12.2. The number of anilines is 1. The lowest BCUT2D eigenvalue weighted by molar-refractivity contribution is 0.0385. The third-order valence-corrected chi connectivity index (χ3v) is 6.99. The number of thiophene rings is 1. The molecule has 142 valence electrons. The molecule has 0 aliphatic heterocycles. The van der Waals surface area contributed by atoms with Crippen molar-refractivity contribution in [1.82, 2.24) is 0 Å². The summed E-state index contributed by atoms with van der Waals surface area (Å²) >= 11 is 18.3. The highest BCUT2D eigenvalue weighted by Gasteiger charge is 2.27. The van der Waals surface area contributed by atoms with Crippen LogP contribution >= 0.6 is 46.1 Å². The molecule has 0 spiro atoms. The van der Waals surface area contributed by atoms with Gasteiger partial charge in [-0.1, -0.05) is 34.8 Å². The van der Waals surface area contributed by atoms with Gasteiger partial charge in [0.15, 0.2) is 0 Å². The predicted molar refractivity (Wildman–Crippen MR) is 100 cm³/mol. The lowest BCUT2D eigenvalue weighted by atomic mass is 10.2. The van der Waals surface area contributed by atoms with Crippen LogP contribution in [0.3, 0.4) is 0 Å². The Labute approximate surface area is 168 Å². The van der Waals surface area contributed by atoms with E-state index in [4.69, 9.17) is 44.3 Å². The Morgan fingerprint density at radius 3 is 2.46 bits per heavy atom. The van der Waals surface area contributed by atoms with E-state index < -0.39 is 21.7 Å². The minimum Gasteiger partial charge on any atom is -0.507 e. The number of methoxy groups -OCH3 is 1. The summed E-state index contributed by atoms with van der Waals surface area (Å²) in [7, 11) is -2.70. The number of carbonyl (C=O) groups is 1. The molecule has 2 aromatic rings. The Kier molecular flexibility index (Phi) is 7.00. The van der Waals surface area contributed by atoms with Gasteiger partial charge in [0.05, 0.1) is 17.3 Å². The van der Waals surface area contributed by atoms with E-state index in [1.807, 2.05) is 0 Å². The zero-order valence-electron chi connectivity index (χ0n) is 13.1. The number of esters is 1. The third kappa shape index (κ3) is 4.73. The Hall–Kier alpha value is -1.23. The lowest BCUT2D eigenvalue weighted by Gasteiger charge is -2.10. The highest BCUT2D eigenvalue weighted by atomic mass is 35.5. The SMILES string of the molecule is COCCOC(=O)c1ccc(NS(=O)(=O)c2c(Cl)sc(Cl)c2Cl)cc1O. The number of aromatic hydroxyl groups is 1. The summed E-state index contributed by atoms with van der Waals surface area (Å²) in [5.74, 6) is -1.24. The van der Waals surface area contributed by atoms with E-state index >= 15 is 0 Å². The third-order valence-electron chi connectivity index (χ3n) is 2.99. The number of sulfonamides is 1. The van der Waals surface area contributed by atoms with Gasteiger partial charge in [0.2, 0.25) is 0 Å². The molecule has 0 atom stereocenters. The molecule has 2 N–H and O–H groups in total. The molecule has 2 rings (SSSR count). The van der Waals surface area contributed by atoms with Gasteiger partial charge in [-0.15, -0.1) is 11.3 Å². The van der Waals surface area contributed by atoms with Crippen molar-refractivity contribution in [2.45, 2.75) is 4.90 Å². The van der Waals surface area contributed by atoms with Gasteiger partial charge in [0.1, 0.15) is 31.5 Å². The Bertz CT molecular complexity index is 929. The van der Waals surface area contributed by atoms with Crippen molar-refractivity contribution in [1.29, 1.82) is 0 Å². The largest absolute Gasteiger partial charge is 0.507 e. The maximum Gasteiger partial charge on any atom is 0.341 e. The molecule has 0 amide bonds. The Balaban J connectivity index is 2.23. The van der Waals surface area contributed by atoms with E-state index in [0.717, 1.165) is 17.4 Å². The van der Waals surface area contributed by atoms with Gasteiger partial charge in [-0.25, -0.2) is 13.2 Å². The van der Waals surface area contributed by atoms with Crippen LogP contribution in [0.1, 0.15) is 10.4 Å². The number of rotatable bonds is 7. The molecule has 0 unspecified atom stereocenters. The van der Waals surface area contributed by atoms with Gasteiger partial charge in [-0.05, 0) is 12.1 Å². The zero-order chi connectivity index (χ0) is 19.5. The van der Waals surface area contributed by atoms with Crippen LogP contribution in [-0.2, 0) is 19.5 Å². The van der Waals surface area contributed by atoms with Gasteiger partial charge in [-0.3, -0.25) is 4.72 Å². The van der Waals surface area contributed by atoms with Crippen LogP contribution in [0, 0.1) is 0 Å². The van der Waals surface area contributed by atoms with Crippen molar-refractivity contribution < 1.29 is 27.8 Å². The van der Waals surface area contributed by atoms with Crippen molar-refractivity contribution in [3.63, 3.8) is 0 Å². The minimum absolute atomic E-state index is 0.00889. The van der Waals surface area contributed by atoms with Crippen LogP contribution in [-0.4, -0.2) is 39.8 Å². The van der Waals surface area contributed by atoms with Gasteiger partial charge in [-0.2, -0.15) is 0 Å². The predicted octanol–water partition coefficient (Wildman–Crippen LogP) is 4.02. The minimum atomic E-state index is -4.15. The number of hydrogen-bond acceptors (Lipinski definition) is 7. The van der Waals surface area contributed by atoms with Gasteiger partial charge >= 0.3 is 5.97 Å². The van der Waals surface area contributed by atoms with E-state index in [-0.39, 0.29) is 43.1 Å². The summed E-state index contributed by atoms with van der Waals surface area (Å²) in [4.78, 5) is 11.5. The average Bonchev–Trinajstić information content (AvgIpc) is 2.80. The van der Waals surface area contributed by atoms with E-state index in [2.05, 4.69) is 4.72 Å². The van der Waals surface area contributed by atoms with E-state index in [9.17, 15) is 18.3 Å². The second kappa shape index (κ2) is 8.64. The molecule has 26 heavy (non-hydrogen) atoms. The van der Waals surface area contributed by atoms with Gasteiger partial charge < -0.3 is 14.6 Å². The standard InChI is InChI=1S/C14H12Cl3NO6S2/c1-23-4-5-24-14(20)8-3-2-7(6-9(8)19)18-26(21,22)11-10(15)12(16)25-13(11)17/h2-3,6,18-19H,4-5H2,1H3. The molecular weight excluding hydrogens is 449 g/mol. The van der Waals surface area contributed by atoms with E-state index in [1.54, 1.807) is 0 Å². The van der Waals surface area contributed by atoms with Crippen LogP contribution in [0.5, 0.6) is 5.75 Å². The molecule has 0 saturated heterocycles. The molecule has 0 saturated carbocycles. The van der Waals surface area contributed by atoms with Crippen LogP contribution in [0.25, 0.3) is 0 Å². The fourth-order valence-corrected chi connectivity index (χ4v) is 5.74. The quantitative estimate of drug-likeness (QED) is 0.478. The first kappa shape index (κ1) is 21.1. The molecular formula is C14H12Cl3NO6S2. The number of ether oxygens (including phenoxy) is 2.